The highest BCUT2D eigenvalue weighted by molar-refractivity contribution is 5.76. The number of amides is 1. The van der Waals surface area contributed by atoms with Gasteiger partial charge in [-0.3, -0.25) is 4.79 Å². The lowest BCUT2D eigenvalue weighted by molar-refractivity contribution is -0.135. The molecule has 0 aromatic heterocycles. The normalized spacial score (nSPS) is 15.2. The van der Waals surface area contributed by atoms with E-state index in [1.54, 1.807) is 7.11 Å². The molecule has 1 amide bonds. The lowest BCUT2D eigenvalue weighted by atomic mass is 10.2. The number of nitrogens with one attached hydrogen (secondary N) is 1. The summed E-state index contributed by atoms with van der Waals surface area (Å²) in [5, 5.41) is 3.29. The number of nitrogens with zero attached hydrogens (tertiary/aromatic N) is 1. The second kappa shape index (κ2) is 7.87. The van der Waals surface area contributed by atoms with Crippen LogP contribution in [0.2, 0.25) is 0 Å². The summed E-state index contributed by atoms with van der Waals surface area (Å²) < 4.78 is 10.4. The summed E-state index contributed by atoms with van der Waals surface area (Å²) in [6, 6.07) is 7.93. The lowest BCUT2D eigenvalue weighted by Gasteiger charge is -2.26. The van der Waals surface area contributed by atoms with Crippen LogP contribution in [0.5, 0.6) is 5.75 Å². The third-order valence-corrected chi connectivity index (χ3v) is 3.34. The summed E-state index contributed by atoms with van der Waals surface area (Å²) in [6.07, 6.45) is 0.532. The van der Waals surface area contributed by atoms with Crippen LogP contribution < -0.4 is 10.1 Å². The molecule has 0 bridgehead atoms. The van der Waals surface area contributed by atoms with Crippen LogP contribution in [-0.4, -0.2) is 50.8 Å². The number of carbonyl (C=O) groups is 1. The largest absolute Gasteiger partial charge is 0.497 e. The fourth-order valence-electron chi connectivity index (χ4n) is 2.18. The summed E-state index contributed by atoms with van der Waals surface area (Å²) in [4.78, 5) is 13.8. The molecule has 5 nitrogen and oxygen atoms in total. The van der Waals surface area contributed by atoms with Gasteiger partial charge in [0.05, 0.1) is 20.3 Å². The molecule has 1 aromatic carbocycles. The van der Waals surface area contributed by atoms with Gasteiger partial charge in [-0.05, 0) is 17.7 Å². The van der Waals surface area contributed by atoms with Crippen LogP contribution >= 0.6 is 0 Å². The van der Waals surface area contributed by atoms with Gasteiger partial charge in [0.2, 0.25) is 5.91 Å². The van der Waals surface area contributed by atoms with Crippen LogP contribution in [0, 0.1) is 0 Å². The maximum Gasteiger partial charge on any atom is 0.224 e. The lowest BCUT2D eigenvalue weighted by Crippen LogP contribution is -2.41. The van der Waals surface area contributed by atoms with Gasteiger partial charge in [0.1, 0.15) is 5.75 Å². The average molecular weight is 278 g/mol. The highest BCUT2D eigenvalue weighted by Gasteiger charge is 2.15. The van der Waals surface area contributed by atoms with E-state index in [-0.39, 0.29) is 5.91 Å². The number of morpholine rings is 1. The van der Waals surface area contributed by atoms with Crippen molar-refractivity contribution in [3.05, 3.63) is 29.8 Å². The minimum atomic E-state index is 0.200. The molecule has 0 spiro atoms. The molecule has 0 atom stereocenters. The first-order valence-electron chi connectivity index (χ1n) is 6.99. The second-order valence-corrected chi connectivity index (χ2v) is 4.77. The molecule has 1 aromatic rings. The van der Waals surface area contributed by atoms with Crippen LogP contribution in [0.1, 0.15) is 12.0 Å². The van der Waals surface area contributed by atoms with Gasteiger partial charge in [-0.1, -0.05) is 12.1 Å². The molecule has 1 aliphatic heterocycles. The predicted molar refractivity (Wildman–Crippen MR) is 76.7 cm³/mol. The zero-order chi connectivity index (χ0) is 14.2. The quantitative estimate of drug-likeness (QED) is 0.790. The molecule has 2 rings (SSSR count). The van der Waals surface area contributed by atoms with Crippen molar-refractivity contribution in [2.45, 2.75) is 13.0 Å². The molecule has 20 heavy (non-hydrogen) atoms. The van der Waals surface area contributed by atoms with E-state index in [0.29, 0.717) is 39.3 Å². The van der Waals surface area contributed by atoms with Crippen molar-refractivity contribution in [2.75, 3.05) is 40.0 Å². The predicted octanol–water partition coefficient (Wildman–Crippen LogP) is 1.03. The van der Waals surface area contributed by atoms with Crippen LogP contribution in [0.4, 0.5) is 0 Å². The Morgan fingerprint density at radius 3 is 2.95 bits per heavy atom. The van der Waals surface area contributed by atoms with Gasteiger partial charge in [-0.25, -0.2) is 0 Å². The van der Waals surface area contributed by atoms with E-state index in [4.69, 9.17) is 9.47 Å². The highest BCUT2D eigenvalue weighted by atomic mass is 16.5. The number of benzene rings is 1. The van der Waals surface area contributed by atoms with Gasteiger partial charge in [-0.2, -0.15) is 0 Å². The van der Waals surface area contributed by atoms with Gasteiger partial charge in [0.25, 0.3) is 0 Å². The molecule has 1 N–H and O–H groups in total. The monoisotopic (exact) mass is 278 g/mol. The van der Waals surface area contributed by atoms with Gasteiger partial charge in [0, 0.05) is 32.6 Å². The molecule has 1 heterocycles. The Morgan fingerprint density at radius 1 is 1.40 bits per heavy atom. The Morgan fingerprint density at radius 2 is 2.20 bits per heavy atom. The van der Waals surface area contributed by atoms with Crippen LogP contribution in [-0.2, 0) is 16.1 Å². The minimum absolute atomic E-state index is 0.200. The molecule has 5 heteroatoms. The highest BCUT2D eigenvalue weighted by Crippen LogP contribution is 2.12. The van der Waals surface area contributed by atoms with Crippen LogP contribution in [0.25, 0.3) is 0 Å². The van der Waals surface area contributed by atoms with Crippen molar-refractivity contribution in [3.8, 4) is 5.75 Å². The van der Waals surface area contributed by atoms with Crippen LogP contribution in [0.15, 0.2) is 24.3 Å². The molecule has 1 saturated heterocycles. The van der Waals surface area contributed by atoms with E-state index in [1.807, 2.05) is 29.2 Å². The van der Waals surface area contributed by atoms with Gasteiger partial charge < -0.3 is 19.7 Å². The third-order valence-electron chi connectivity index (χ3n) is 3.34. The molecule has 1 aliphatic rings. The first-order chi connectivity index (χ1) is 9.79. The third kappa shape index (κ3) is 4.51. The molecular formula is C15H22N2O3. The zero-order valence-corrected chi connectivity index (χ0v) is 11.9. The molecular weight excluding hydrogens is 256 g/mol. The van der Waals surface area contributed by atoms with E-state index in [1.165, 1.54) is 0 Å². The fraction of sp³-hybridized carbons (Fsp3) is 0.533. The summed E-state index contributed by atoms with van der Waals surface area (Å²) >= 11 is 0. The number of rotatable bonds is 6. The Kier molecular flexibility index (Phi) is 5.83. The zero-order valence-electron chi connectivity index (χ0n) is 11.9. The summed E-state index contributed by atoms with van der Waals surface area (Å²) in [7, 11) is 1.66. The number of carbonyl (C=O) groups excluding carboxylic acids is 1. The van der Waals surface area contributed by atoms with Crippen molar-refractivity contribution in [2.24, 2.45) is 0 Å². The molecule has 0 unspecified atom stereocenters. The first kappa shape index (κ1) is 14.8. The molecule has 0 aliphatic carbocycles. The van der Waals surface area contributed by atoms with Crippen molar-refractivity contribution >= 4 is 5.91 Å². The fourth-order valence-corrected chi connectivity index (χ4v) is 2.18. The average Bonchev–Trinajstić information content (AvgIpc) is 2.52. The maximum atomic E-state index is 11.9. The molecule has 0 radical (unpaired) electrons. The van der Waals surface area contributed by atoms with E-state index >= 15 is 0 Å². The van der Waals surface area contributed by atoms with E-state index in [0.717, 1.165) is 17.9 Å². The van der Waals surface area contributed by atoms with Gasteiger partial charge >= 0.3 is 0 Å². The summed E-state index contributed by atoms with van der Waals surface area (Å²) in [6.45, 7) is 4.18. The van der Waals surface area contributed by atoms with E-state index in [9.17, 15) is 4.79 Å². The van der Waals surface area contributed by atoms with E-state index in [2.05, 4.69) is 5.32 Å². The number of methoxy groups -OCH3 is 1. The van der Waals surface area contributed by atoms with Crippen molar-refractivity contribution in [3.63, 3.8) is 0 Å². The minimum Gasteiger partial charge on any atom is -0.497 e. The maximum absolute atomic E-state index is 11.9. The number of hydrogen-bond donors (Lipinski definition) is 1. The Balaban J connectivity index is 1.66. The van der Waals surface area contributed by atoms with Crippen molar-refractivity contribution in [1.82, 2.24) is 10.2 Å². The number of hydrogen-bond acceptors (Lipinski definition) is 4. The van der Waals surface area contributed by atoms with Gasteiger partial charge in [0.15, 0.2) is 0 Å². The second-order valence-electron chi connectivity index (χ2n) is 4.77. The summed E-state index contributed by atoms with van der Waals surface area (Å²) in [5.74, 6) is 1.06. The number of ether oxygens (including phenoxy) is 2. The smallest absolute Gasteiger partial charge is 0.224 e. The van der Waals surface area contributed by atoms with Gasteiger partial charge in [-0.15, -0.1) is 0 Å². The Hall–Kier alpha value is -1.59. The standard InChI is InChI=1S/C15H22N2O3/c1-19-14-4-2-3-13(11-14)12-16-6-5-15(18)17-7-9-20-10-8-17/h2-4,11,16H,5-10,12H2,1H3. The van der Waals surface area contributed by atoms with Crippen molar-refractivity contribution < 1.29 is 14.3 Å². The molecule has 1 fully saturated rings. The first-order valence-corrected chi connectivity index (χ1v) is 6.99. The van der Waals surface area contributed by atoms with Crippen LogP contribution in [0.3, 0.4) is 0 Å². The SMILES string of the molecule is COc1cccc(CNCCC(=O)N2CCOCC2)c1. The Labute approximate surface area is 119 Å². The van der Waals surface area contributed by atoms with Crippen molar-refractivity contribution in [1.29, 1.82) is 0 Å². The Bertz CT molecular complexity index is 431. The molecule has 0 saturated carbocycles. The summed E-state index contributed by atoms with van der Waals surface area (Å²) in [5.41, 5.74) is 1.16. The van der Waals surface area contributed by atoms with E-state index < -0.39 is 0 Å². The topological polar surface area (TPSA) is 50.8 Å². The molecule has 110 valence electrons.